The molecule has 0 spiro atoms. The highest BCUT2D eigenvalue weighted by molar-refractivity contribution is 5.66. The van der Waals surface area contributed by atoms with Gasteiger partial charge in [-0.3, -0.25) is 10.1 Å². The van der Waals surface area contributed by atoms with Gasteiger partial charge in [0.1, 0.15) is 0 Å². The van der Waals surface area contributed by atoms with Crippen molar-refractivity contribution in [1.82, 2.24) is 4.90 Å². The molecule has 7 heteroatoms. The molecular formula is C16H22N2O5. The molecular weight excluding hydrogens is 300 g/mol. The fourth-order valence-corrected chi connectivity index (χ4v) is 3.58. The maximum Gasteiger partial charge on any atom is 0.407 e. The first kappa shape index (κ1) is 17.2. The van der Waals surface area contributed by atoms with E-state index in [1.54, 1.807) is 6.07 Å². The van der Waals surface area contributed by atoms with Crippen LogP contribution in [-0.4, -0.2) is 45.3 Å². The summed E-state index contributed by atoms with van der Waals surface area (Å²) in [6.07, 6.45) is -0.661. The highest BCUT2D eigenvalue weighted by atomic mass is 16.6. The minimum atomic E-state index is -1.08. The Morgan fingerprint density at radius 1 is 1.43 bits per heavy atom. The van der Waals surface area contributed by atoms with E-state index in [1.807, 2.05) is 20.8 Å². The normalized spacial score (nSPS) is 20.2. The van der Waals surface area contributed by atoms with Gasteiger partial charge in [0.15, 0.2) is 0 Å². The molecule has 1 aromatic carbocycles. The first-order valence-corrected chi connectivity index (χ1v) is 7.54. The highest BCUT2D eigenvalue weighted by Crippen LogP contribution is 2.47. The van der Waals surface area contributed by atoms with Gasteiger partial charge >= 0.3 is 6.09 Å². The standard InChI is InChI=1S/C16H22N2O5/c1-16(2,3)14-12-5-4-11(18(22)23)8-10(12)9-13(14)17(6-7-19)15(20)21/h4-5,8,13-14,19H,6-7,9H2,1-3H3,(H,20,21). The molecule has 0 aliphatic heterocycles. The van der Waals surface area contributed by atoms with Crippen molar-refractivity contribution in [3.8, 4) is 0 Å². The van der Waals surface area contributed by atoms with Crippen LogP contribution in [-0.2, 0) is 6.42 Å². The van der Waals surface area contributed by atoms with Gasteiger partial charge in [-0.2, -0.15) is 0 Å². The number of rotatable bonds is 4. The average Bonchev–Trinajstić information content (AvgIpc) is 2.81. The number of benzene rings is 1. The zero-order valence-corrected chi connectivity index (χ0v) is 13.5. The Hall–Kier alpha value is -2.15. The quantitative estimate of drug-likeness (QED) is 0.655. The smallest absolute Gasteiger partial charge is 0.407 e. The van der Waals surface area contributed by atoms with Crippen LogP contribution in [0, 0.1) is 15.5 Å². The molecule has 0 bridgehead atoms. The van der Waals surface area contributed by atoms with E-state index in [0.29, 0.717) is 6.42 Å². The summed E-state index contributed by atoms with van der Waals surface area (Å²) in [4.78, 5) is 23.4. The maximum absolute atomic E-state index is 11.6. The van der Waals surface area contributed by atoms with Crippen LogP contribution >= 0.6 is 0 Å². The Kier molecular flexibility index (Phi) is 4.61. The van der Waals surface area contributed by atoms with Crippen molar-refractivity contribution >= 4 is 11.8 Å². The molecule has 0 aromatic heterocycles. The molecule has 0 saturated carbocycles. The van der Waals surface area contributed by atoms with Crippen LogP contribution in [0.4, 0.5) is 10.5 Å². The molecule has 2 atom stereocenters. The fourth-order valence-electron chi connectivity index (χ4n) is 3.58. The van der Waals surface area contributed by atoms with Gasteiger partial charge in [-0.05, 0) is 23.0 Å². The number of nitro benzene ring substituents is 1. The van der Waals surface area contributed by atoms with Gasteiger partial charge in [0.2, 0.25) is 0 Å². The second-order valence-corrected chi connectivity index (χ2v) is 6.95. The van der Waals surface area contributed by atoms with Crippen LogP contribution in [0.25, 0.3) is 0 Å². The number of hydrogen-bond acceptors (Lipinski definition) is 4. The second kappa shape index (κ2) is 6.16. The molecule has 0 fully saturated rings. The van der Waals surface area contributed by atoms with Crippen molar-refractivity contribution in [2.24, 2.45) is 5.41 Å². The monoisotopic (exact) mass is 322 g/mol. The van der Waals surface area contributed by atoms with Gasteiger partial charge in [0.05, 0.1) is 11.5 Å². The Morgan fingerprint density at radius 3 is 2.57 bits per heavy atom. The van der Waals surface area contributed by atoms with E-state index in [9.17, 15) is 25.1 Å². The van der Waals surface area contributed by atoms with Crippen molar-refractivity contribution in [3.05, 3.63) is 39.4 Å². The zero-order valence-electron chi connectivity index (χ0n) is 13.5. The summed E-state index contributed by atoms with van der Waals surface area (Å²) in [5.74, 6) is -0.0824. The van der Waals surface area contributed by atoms with E-state index in [1.165, 1.54) is 17.0 Å². The predicted molar refractivity (Wildman–Crippen MR) is 84.6 cm³/mol. The minimum Gasteiger partial charge on any atom is -0.465 e. The average molecular weight is 322 g/mol. The summed E-state index contributed by atoms with van der Waals surface area (Å²) in [6, 6.07) is 4.41. The highest BCUT2D eigenvalue weighted by Gasteiger charge is 2.44. The third kappa shape index (κ3) is 3.29. The van der Waals surface area contributed by atoms with Gasteiger partial charge < -0.3 is 15.1 Å². The summed E-state index contributed by atoms with van der Waals surface area (Å²) in [7, 11) is 0. The summed E-state index contributed by atoms with van der Waals surface area (Å²) in [5, 5.41) is 29.6. The molecule has 1 aromatic rings. The van der Waals surface area contributed by atoms with E-state index < -0.39 is 11.0 Å². The van der Waals surface area contributed by atoms with E-state index in [2.05, 4.69) is 0 Å². The molecule has 0 radical (unpaired) electrons. The van der Waals surface area contributed by atoms with Crippen LogP contribution < -0.4 is 0 Å². The number of non-ortho nitro benzene ring substituents is 1. The molecule has 2 unspecified atom stereocenters. The first-order valence-electron chi connectivity index (χ1n) is 7.54. The third-order valence-corrected chi connectivity index (χ3v) is 4.41. The van der Waals surface area contributed by atoms with E-state index in [0.717, 1.165) is 11.1 Å². The summed E-state index contributed by atoms with van der Waals surface area (Å²) < 4.78 is 0. The van der Waals surface area contributed by atoms with Crippen molar-refractivity contribution in [2.75, 3.05) is 13.2 Å². The summed E-state index contributed by atoms with van der Waals surface area (Å²) in [5.41, 5.74) is 1.57. The predicted octanol–water partition coefficient (Wildman–Crippen LogP) is 2.62. The first-order chi connectivity index (χ1) is 10.7. The van der Waals surface area contributed by atoms with Crippen molar-refractivity contribution in [3.63, 3.8) is 0 Å². The van der Waals surface area contributed by atoms with Gasteiger partial charge in [-0.15, -0.1) is 0 Å². The lowest BCUT2D eigenvalue weighted by atomic mass is 9.75. The third-order valence-electron chi connectivity index (χ3n) is 4.41. The van der Waals surface area contributed by atoms with Crippen molar-refractivity contribution in [2.45, 2.75) is 39.2 Å². The largest absolute Gasteiger partial charge is 0.465 e. The van der Waals surface area contributed by atoms with Crippen molar-refractivity contribution in [1.29, 1.82) is 0 Å². The van der Waals surface area contributed by atoms with Gasteiger partial charge in [0.25, 0.3) is 5.69 Å². The molecule has 126 valence electrons. The van der Waals surface area contributed by atoms with E-state index in [4.69, 9.17) is 0 Å². The number of nitro groups is 1. The fraction of sp³-hybridized carbons (Fsp3) is 0.562. The molecule has 2 rings (SSSR count). The Bertz CT molecular complexity index is 623. The molecule has 2 N–H and O–H groups in total. The van der Waals surface area contributed by atoms with Gasteiger partial charge in [-0.1, -0.05) is 26.8 Å². The minimum absolute atomic E-state index is 0.0149. The second-order valence-electron chi connectivity index (χ2n) is 6.95. The zero-order chi connectivity index (χ0) is 17.4. The van der Waals surface area contributed by atoms with Crippen LogP contribution in [0.2, 0.25) is 0 Å². The molecule has 7 nitrogen and oxygen atoms in total. The summed E-state index contributed by atoms with van der Waals surface area (Å²) >= 11 is 0. The van der Waals surface area contributed by atoms with Crippen LogP contribution in [0.5, 0.6) is 0 Å². The van der Waals surface area contributed by atoms with Crippen LogP contribution in [0.1, 0.15) is 37.8 Å². The number of aliphatic hydroxyl groups is 1. The molecule has 1 aliphatic carbocycles. The number of nitrogens with zero attached hydrogens (tertiary/aromatic N) is 2. The summed E-state index contributed by atoms with van der Waals surface area (Å²) in [6.45, 7) is 5.86. The number of amides is 1. The van der Waals surface area contributed by atoms with Crippen LogP contribution in [0.15, 0.2) is 18.2 Å². The number of carboxylic acid groups (broad SMARTS) is 1. The Labute approximate surface area is 134 Å². The lowest BCUT2D eigenvalue weighted by Crippen LogP contribution is -2.46. The lowest BCUT2D eigenvalue weighted by Gasteiger charge is -2.38. The lowest BCUT2D eigenvalue weighted by molar-refractivity contribution is -0.384. The Balaban J connectivity index is 2.49. The van der Waals surface area contributed by atoms with Gasteiger partial charge in [0, 0.05) is 30.6 Å². The van der Waals surface area contributed by atoms with E-state index in [-0.39, 0.29) is 36.2 Å². The molecule has 1 amide bonds. The molecule has 23 heavy (non-hydrogen) atoms. The van der Waals surface area contributed by atoms with Gasteiger partial charge in [-0.25, -0.2) is 4.79 Å². The molecule has 0 heterocycles. The van der Waals surface area contributed by atoms with Crippen molar-refractivity contribution < 1.29 is 19.9 Å². The maximum atomic E-state index is 11.6. The molecule has 0 saturated heterocycles. The SMILES string of the molecule is CC(C)(C)C1c2ccc([N+](=O)[O-])cc2CC1N(CCO)C(=O)O. The number of aliphatic hydroxyl groups excluding tert-OH is 1. The van der Waals surface area contributed by atoms with Crippen LogP contribution in [0.3, 0.4) is 0 Å². The number of fused-ring (bicyclic) bond motifs is 1. The topological polar surface area (TPSA) is 104 Å². The Morgan fingerprint density at radius 2 is 2.09 bits per heavy atom. The number of hydrogen-bond donors (Lipinski definition) is 2. The molecule has 1 aliphatic rings. The number of carbonyl (C=O) groups is 1. The van der Waals surface area contributed by atoms with E-state index >= 15 is 0 Å².